The Morgan fingerprint density at radius 1 is 1.33 bits per heavy atom. The highest BCUT2D eigenvalue weighted by Crippen LogP contribution is 2.40. The van der Waals surface area contributed by atoms with Crippen molar-refractivity contribution in [1.29, 1.82) is 0 Å². The summed E-state index contributed by atoms with van der Waals surface area (Å²) in [5.74, 6) is 0. The highest BCUT2D eigenvalue weighted by atomic mass is 35.5. The average Bonchev–Trinajstić information content (AvgIpc) is 2.47. The molecule has 1 atom stereocenters. The summed E-state index contributed by atoms with van der Waals surface area (Å²) in [6.07, 6.45) is -6.69. The minimum atomic E-state index is -4.72. The third-order valence-electron chi connectivity index (χ3n) is 1.35. The van der Waals surface area contributed by atoms with Gasteiger partial charge in [0.2, 0.25) is 0 Å². The first-order valence-electron chi connectivity index (χ1n) is 3.40. The molecule has 1 aromatic rings. The predicted octanol–water partition coefficient (Wildman–Crippen LogP) is 3.03. The number of aliphatic hydroxyl groups excluding tert-OH is 1. The van der Waals surface area contributed by atoms with Gasteiger partial charge < -0.3 is 5.11 Å². The van der Waals surface area contributed by atoms with Crippen molar-refractivity contribution in [2.45, 2.75) is 17.7 Å². The molecule has 1 rings (SSSR count). The van der Waals surface area contributed by atoms with E-state index in [4.69, 9.17) is 5.11 Å². The Morgan fingerprint density at radius 2 is 1.87 bits per heavy atom. The summed E-state index contributed by atoms with van der Waals surface area (Å²) in [5, 5.41) is 3.53. The zero-order valence-electron chi connectivity index (χ0n) is 6.73. The van der Waals surface area contributed by atoms with E-state index in [1.54, 1.807) is 0 Å². The van der Waals surface area contributed by atoms with Crippen LogP contribution in [0.15, 0.2) is 6.20 Å². The van der Waals surface area contributed by atoms with Crippen molar-refractivity contribution < 1.29 is 27.1 Å². The van der Waals surface area contributed by atoms with E-state index in [0.29, 0.717) is 6.20 Å². The second-order valence-corrected chi connectivity index (χ2v) is 4.08. The van der Waals surface area contributed by atoms with Crippen molar-refractivity contribution >= 4 is 22.9 Å². The molecule has 15 heavy (non-hydrogen) atoms. The van der Waals surface area contributed by atoms with E-state index >= 15 is 0 Å². The van der Waals surface area contributed by atoms with Crippen molar-refractivity contribution in [3.63, 3.8) is 0 Å². The SMILES string of the molecule is OC(c1cnc(C(F)(F)F)s1)C(F)(F)Cl. The zero-order valence-corrected chi connectivity index (χ0v) is 8.30. The molecule has 1 unspecified atom stereocenters. The van der Waals surface area contributed by atoms with Crippen LogP contribution in [0.3, 0.4) is 0 Å². The van der Waals surface area contributed by atoms with Gasteiger partial charge in [0.15, 0.2) is 11.1 Å². The van der Waals surface area contributed by atoms with Gasteiger partial charge in [-0.05, 0) is 11.6 Å². The topological polar surface area (TPSA) is 33.1 Å². The number of thiazole rings is 1. The number of hydrogen-bond donors (Lipinski definition) is 1. The molecule has 0 saturated heterocycles. The first-order chi connectivity index (χ1) is 6.62. The molecular weight excluding hydrogens is 265 g/mol. The summed E-state index contributed by atoms with van der Waals surface area (Å²) in [6.45, 7) is 0. The fourth-order valence-corrected chi connectivity index (χ4v) is 1.70. The van der Waals surface area contributed by atoms with Gasteiger partial charge in [0, 0.05) is 6.20 Å². The predicted molar refractivity (Wildman–Crippen MR) is 42.9 cm³/mol. The molecule has 2 nitrogen and oxygen atoms in total. The van der Waals surface area contributed by atoms with E-state index in [2.05, 4.69) is 16.6 Å². The van der Waals surface area contributed by atoms with Gasteiger partial charge in [-0.2, -0.15) is 22.0 Å². The van der Waals surface area contributed by atoms with E-state index in [1.807, 2.05) is 0 Å². The van der Waals surface area contributed by atoms with Crippen LogP contribution in [0.1, 0.15) is 16.0 Å². The van der Waals surface area contributed by atoms with Gasteiger partial charge in [-0.3, -0.25) is 0 Å². The highest BCUT2D eigenvalue weighted by Gasteiger charge is 2.41. The molecular formula is C6H3ClF5NOS. The molecule has 0 aliphatic carbocycles. The van der Waals surface area contributed by atoms with Crippen LogP contribution in [0.2, 0.25) is 0 Å². The summed E-state index contributed by atoms with van der Waals surface area (Å²) in [6, 6.07) is 0. The molecule has 1 aromatic heterocycles. The second-order valence-electron chi connectivity index (χ2n) is 2.51. The van der Waals surface area contributed by atoms with E-state index in [0.717, 1.165) is 0 Å². The minimum absolute atomic E-state index is 0.0758. The van der Waals surface area contributed by atoms with Crippen LogP contribution < -0.4 is 0 Å². The van der Waals surface area contributed by atoms with Crippen molar-refractivity contribution in [2.75, 3.05) is 0 Å². The normalized spacial score (nSPS) is 15.4. The summed E-state index contributed by atoms with van der Waals surface area (Å²) >= 11 is 4.38. The third-order valence-corrected chi connectivity index (χ3v) is 2.65. The summed E-state index contributed by atoms with van der Waals surface area (Å²) in [7, 11) is 0. The highest BCUT2D eigenvalue weighted by molar-refractivity contribution is 7.11. The Bertz CT molecular complexity index is 346. The van der Waals surface area contributed by atoms with E-state index in [-0.39, 0.29) is 11.3 Å². The fourth-order valence-electron chi connectivity index (χ4n) is 0.705. The fraction of sp³-hybridized carbons (Fsp3) is 0.500. The average molecular weight is 268 g/mol. The van der Waals surface area contributed by atoms with Crippen molar-refractivity contribution in [3.05, 3.63) is 16.1 Å². The molecule has 0 aliphatic heterocycles. The Hall–Kier alpha value is -0.470. The first-order valence-corrected chi connectivity index (χ1v) is 4.59. The number of hydrogen-bond acceptors (Lipinski definition) is 3. The second kappa shape index (κ2) is 3.84. The maximum absolute atomic E-state index is 12.3. The Kier molecular flexibility index (Phi) is 3.22. The maximum atomic E-state index is 12.3. The molecule has 1 N–H and O–H groups in total. The molecule has 86 valence electrons. The molecule has 0 amide bonds. The molecule has 1 heterocycles. The van der Waals surface area contributed by atoms with Gasteiger partial charge in [-0.1, -0.05) is 0 Å². The molecule has 9 heteroatoms. The molecule has 0 fully saturated rings. The molecule has 0 aromatic carbocycles. The number of aliphatic hydroxyl groups is 1. The molecule has 0 spiro atoms. The van der Waals surface area contributed by atoms with Crippen molar-refractivity contribution in [2.24, 2.45) is 0 Å². The lowest BCUT2D eigenvalue weighted by Crippen LogP contribution is -2.17. The van der Waals surface area contributed by atoms with E-state index in [9.17, 15) is 22.0 Å². The lowest BCUT2D eigenvalue weighted by Gasteiger charge is -2.13. The van der Waals surface area contributed by atoms with E-state index in [1.165, 1.54) is 0 Å². The number of nitrogens with zero attached hydrogens (tertiary/aromatic N) is 1. The maximum Gasteiger partial charge on any atom is 0.443 e. The van der Waals surface area contributed by atoms with Gasteiger partial charge in [-0.15, -0.1) is 11.3 Å². The van der Waals surface area contributed by atoms with Crippen LogP contribution in [0.25, 0.3) is 0 Å². The number of halogens is 6. The zero-order chi connectivity index (χ0) is 11.9. The van der Waals surface area contributed by atoms with Crippen LogP contribution in [-0.4, -0.2) is 15.5 Å². The molecule has 0 bridgehead atoms. The van der Waals surface area contributed by atoms with Gasteiger partial charge >= 0.3 is 11.6 Å². The Balaban J connectivity index is 2.95. The van der Waals surface area contributed by atoms with E-state index < -0.39 is 27.5 Å². The Labute approximate surface area is 89.3 Å². The lowest BCUT2D eigenvalue weighted by atomic mass is 10.3. The largest absolute Gasteiger partial charge is 0.443 e. The quantitative estimate of drug-likeness (QED) is 0.660. The number of aromatic nitrogens is 1. The van der Waals surface area contributed by atoms with Crippen molar-refractivity contribution in [3.8, 4) is 0 Å². The summed E-state index contributed by atoms with van der Waals surface area (Å²) < 4.78 is 60.7. The van der Waals surface area contributed by atoms with Crippen LogP contribution in [0.4, 0.5) is 22.0 Å². The van der Waals surface area contributed by atoms with Gasteiger partial charge in [0.1, 0.15) is 0 Å². The van der Waals surface area contributed by atoms with Crippen LogP contribution in [-0.2, 0) is 6.18 Å². The van der Waals surface area contributed by atoms with Gasteiger partial charge in [0.05, 0.1) is 4.88 Å². The standard InChI is InChI=1S/C6H3ClF5NOS/c7-5(8,9)3(14)2-1-13-4(15-2)6(10,11)12/h1,3,14H. The number of alkyl halides is 6. The van der Waals surface area contributed by atoms with Crippen LogP contribution in [0.5, 0.6) is 0 Å². The summed E-state index contributed by atoms with van der Waals surface area (Å²) in [4.78, 5) is 2.23. The molecule has 0 radical (unpaired) electrons. The first kappa shape index (κ1) is 12.6. The van der Waals surface area contributed by atoms with Crippen LogP contribution >= 0.6 is 22.9 Å². The van der Waals surface area contributed by atoms with Crippen molar-refractivity contribution in [1.82, 2.24) is 4.98 Å². The van der Waals surface area contributed by atoms with Crippen LogP contribution in [0, 0.1) is 0 Å². The molecule has 0 aliphatic rings. The minimum Gasteiger partial charge on any atom is -0.380 e. The van der Waals surface area contributed by atoms with Gasteiger partial charge in [-0.25, -0.2) is 4.98 Å². The smallest absolute Gasteiger partial charge is 0.380 e. The number of rotatable bonds is 2. The van der Waals surface area contributed by atoms with Gasteiger partial charge in [0.25, 0.3) is 0 Å². The lowest BCUT2D eigenvalue weighted by molar-refractivity contribution is -0.137. The third kappa shape index (κ3) is 2.99. The summed E-state index contributed by atoms with van der Waals surface area (Å²) in [5.41, 5.74) is 0. The Morgan fingerprint density at radius 3 is 2.20 bits per heavy atom. The monoisotopic (exact) mass is 267 g/mol. The molecule has 0 saturated carbocycles.